The highest BCUT2D eigenvalue weighted by molar-refractivity contribution is 5.94. The normalized spacial score (nSPS) is 12.6. The average molecular weight is 271 g/mol. The molecule has 0 fully saturated rings. The van der Waals surface area contributed by atoms with Gasteiger partial charge in [0.05, 0.1) is 0 Å². The van der Waals surface area contributed by atoms with E-state index in [1.54, 1.807) is 0 Å². The summed E-state index contributed by atoms with van der Waals surface area (Å²) in [6, 6.07) is 2.35. The van der Waals surface area contributed by atoms with E-state index in [2.05, 4.69) is 5.32 Å². The number of halogens is 2. The number of carbonyl (C=O) groups excluding carboxylic acids is 1. The summed E-state index contributed by atoms with van der Waals surface area (Å²) in [5.74, 6) is -2.49. The molecule has 0 bridgehead atoms. The molecule has 1 aromatic rings. The van der Waals surface area contributed by atoms with Crippen LogP contribution in [0.3, 0.4) is 0 Å². The Kier molecular flexibility index (Phi) is 5.38. The van der Waals surface area contributed by atoms with E-state index in [0.717, 1.165) is 0 Å². The van der Waals surface area contributed by atoms with Crippen molar-refractivity contribution in [1.82, 2.24) is 10.2 Å². The lowest BCUT2D eigenvalue weighted by molar-refractivity contribution is 0.0954. The minimum Gasteiger partial charge on any atom is -0.355 e. The Bertz CT molecular complexity index is 440. The van der Waals surface area contributed by atoms with E-state index < -0.39 is 23.1 Å². The van der Waals surface area contributed by atoms with Gasteiger partial charge in [0.2, 0.25) is 0 Å². The molecule has 106 valence electrons. The second-order valence-corrected chi connectivity index (χ2v) is 4.57. The van der Waals surface area contributed by atoms with Gasteiger partial charge in [-0.15, -0.1) is 0 Å². The van der Waals surface area contributed by atoms with Crippen LogP contribution in [0.5, 0.6) is 0 Å². The molecule has 0 unspecified atom stereocenters. The number of benzene rings is 1. The number of hydrogen-bond acceptors (Lipinski definition) is 3. The third-order valence-electron chi connectivity index (χ3n) is 3.03. The van der Waals surface area contributed by atoms with E-state index >= 15 is 0 Å². The summed E-state index contributed by atoms with van der Waals surface area (Å²) in [6.07, 6.45) is 0.422. The molecule has 4 nitrogen and oxygen atoms in total. The number of nitrogens with zero attached hydrogens (tertiary/aromatic N) is 1. The van der Waals surface area contributed by atoms with E-state index in [-0.39, 0.29) is 6.04 Å². The quantitative estimate of drug-likeness (QED) is 0.831. The van der Waals surface area contributed by atoms with Crippen molar-refractivity contribution in [2.45, 2.75) is 12.5 Å². The number of carbonyl (C=O) groups is 1. The maximum Gasteiger partial charge on any atom is 0.256 e. The number of rotatable bonds is 5. The van der Waals surface area contributed by atoms with Gasteiger partial charge in [0.1, 0.15) is 17.2 Å². The molecule has 1 amide bonds. The van der Waals surface area contributed by atoms with Crippen LogP contribution in [0.15, 0.2) is 12.1 Å². The van der Waals surface area contributed by atoms with E-state index in [0.29, 0.717) is 18.5 Å². The van der Waals surface area contributed by atoms with Crippen molar-refractivity contribution in [2.75, 3.05) is 27.7 Å². The molecule has 0 aliphatic carbocycles. The number of nitrogens with one attached hydrogen (secondary N) is 1. The van der Waals surface area contributed by atoms with E-state index in [1.165, 1.54) is 19.2 Å². The van der Waals surface area contributed by atoms with Gasteiger partial charge in [-0.1, -0.05) is 0 Å². The van der Waals surface area contributed by atoms with Crippen LogP contribution in [0, 0.1) is 11.6 Å². The van der Waals surface area contributed by atoms with Crippen LogP contribution in [0.2, 0.25) is 0 Å². The first kappa shape index (κ1) is 15.5. The smallest absolute Gasteiger partial charge is 0.256 e. The van der Waals surface area contributed by atoms with Crippen LogP contribution in [0.4, 0.5) is 8.78 Å². The van der Waals surface area contributed by atoms with Gasteiger partial charge in [-0.05, 0) is 38.2 Å². The zero-order valence-corrected chi connectivity index (χ0v) is 11.3. The lowest BCUT2D eigenvalue weighted by Gasteiger charge is -2.22. The number of hydrogen-bond donors (Lipinski definition) is 2. The number of nitrogens with two attached hydrogens (primary N) is 1. The van der Waals surface area contributed by atoms with Gasteiger partial charge in [-0.3, -0.25) is 4.79 Å². The first-order chi connectivity index (χ1) is 8.90. The highest BCUT2D eigenvalue weighted by atomic mass is 19.1. The Labute approximate surface area is 111 Å². The molecule has 1 rings (SSSR count). The molecule has 0 saturated carbocycles. The molecular formula is C13H19F2N3O. The predicted octanol–water partition coefficient (Wildman–Crippen LogP) is 0.756. The van der Waals surface area contributed by atoms with Crippen molar-refractivity contribution in [2.24, 2.45) is 5.73 Å². The molecule has 0 aliphatic heterocycles. The monoisotopic (exact) mass is 271 g/mol. The standard InChI is InChI=1S/C13H19F2N3O/c1-17-13(19)12-10(14)5-8(6-11(12)15)4-9(7-16)18(2)3/h5-6,9H,4,7,16H2,1-3H3,(H,17,19)/t9-/m0/s1. The molecule has 1 atom stereocenters. The Morgan fingerprint density at radius 3 is 2.26 bits per heavy atom. The molecule has 3 N–H and O–H groups in total. The summed E-state index contributed by atoms with van der Waals surface area (Å²) in [7, 11) is 5.03. The highest BCUT2D eigenvalue weighted by Crippen LogP contribution is 2.17. The second-order valence-electron chi connectivity index (χ2n) is 4.57. The zero-order valence-electron chi connectivity index (χ0n) is 11.3. The van der Waals surface area contributed by atoms with Crippen LogP contribution < -0.4 is 11.1 Å². The molecule has 0 spiro atoms. The Hall–Kier alpha value is -1.53. The van der Waals surface area contributed by atoms with E-state index in [4.69, 9.17) is 5.73 Å². The predicted molar refractivity (Wildman–Crippen MR) is 70.0 cm³/mol. The fourth-order valence-electron chi connectivity index (χ4n) is 1.83. The highest BCUT2D eigenvalue weighted by Gasteiger charge is 2.19. The van der Waals surface area contributed by atoms with Gasteiger partial charge in [0, 0.05) is 19.6 Å². The first-order valence-corrected chi connectivity index (χ1v) is 5.97. The maximum atomic E-state index is 13.8. The van der Waals surface area contributed by atoms with Gasteiger partial charge >= 0.3 is 0 Å². The molecular weight excluding hydrogens is 252 g/mol. The summed E-state index contributed by atoms with van der Waals surface area (Å²) in [4.78, 5) is 13.2. The third-order valence-corrected chi connectivity index (χ3v) is 3.03. The number of amides is 1. The summed E-state index contributed by atoms with van der Waals surface area (Å²) < 4.78 is 27.5. The second kappa shape index (κ2) is 6.58. The summed E-state index contributed by atoms with van der Waals surface area (Å²) in [5.41, 5.74) is 5.53. The summed E-state index contributed by atoms with van der Waals surface area (Å²) >= 11 is 0. The van der Waals surface area contributed by atoms with Gasteiger partial charge in [-0.2, -0.15) is 0 Å². The lowest BCUT2D eigenvalue weighted by atomic mass is 10.0. The molecule has 0 radical (unpaired) electrons. The molecule has 0 aromatic heterocycles. The lowest BCUT2D eigenvalue weighted by Crippen LogP contribution is -2.37. The van der Waals surface area contributed by atoms with Gasteiger partial charge in [-0.25, -0.2) is 8.78 Å². The average Bonchev–Trinajstić information content (AvgIpc) is 2.34. The molecule has 1 aromatic carbocycles. The van der Waals surface area contributed by atoms with Gasteiger partial charge in [0.25, 0.3) is 5.91 Å². The maximum absolute atomic E-state index is 13.8. The number of likely N-dealkylation sites (N-methyl/N-ethyl adjacent to an activating group) is 1. The van der Waals surface area contributed by atoms with Gasteiger partial charge in [0.15, 0.2) is 0 Å². The van der Waals surface area contributed by atoms with Crippen LogP contribution in [0.1, 0.15) is 15.9 Å². The minimum absolute atomic E-state index is 0.00958. The molecule has 0 aliphatic rings. The fourth-order valence-corrected chi connectivity index (χ4v) is 1.83. The van der Waals surface area contributed by atoms with E-state index in [1.807, 2.05) is 19.0 Å². The van der Waals surface area contributed by atoms with Crippen molar-refractivity contribution in [3.63, 3.8) is 0 Å². The fraction of sp³-hybridized carbons (Fsp3) is 0.462. The summed E-state index contributed by atoms with van der Waals surface area (Å²) in [6.45, 7) is 0.382. The van der Waals surface area contributed by atoms with Crippen LogP contribution >= 0.6 is 0 Å². The topological polar surface area (TPSA) is 58.4 Å². The molecule has 6 heteroatoms. The summed E-state index contributed by atoms with van der Waals surface area (Å²) in [5, 5.41) is 2.21. The molecule has 0 saturated heterocycles. The Morgan fingerprint density at radius 1 is 1.37 bits per heavy atom. The van der Waals surface area contributed by atoms with Crippen LogP contribution in [0.25, 0.3) is 0 Å². The Balaban J connectivity index is 3.04. The SMILES string of the molecule is CNC(=O)c1c(F)cc(C[C@@H](CN)N(C)C)cc1F. The van der Waals surface area contributed by atoms with Crippen molar-refractivity contribution in [3.8, 4) is 0 Å². The van der Waals surface area contributed by atoms with Crippen molar-refractivity contribution < 1.29 is 13.6 Å². The Morgan fingerprint density at radius 2 is 1.89 bits per heavy atom. The van der Waals surface area contributed by atoms with Crippen molar-refractivity contribution in [3.05, 3.63) is 34.9 Å². The van der Waals surface area contributed by atoms with Gasteiger partial charge < -0.3 is 16.0 Å². The largest absolute Gasteiger partial charge is 0.355 e. The first-order valence-electron chi connectivity index (χ1n) is 5.97. The van der Waals surface area contributed by atoms with Crippen LogP contribution in [-0.4, -0.2) is 44.5 Å². The van der Waals surface area contributed by atoms with Crippen LogP contribution in [-0.2, 0) is 6.42 Å². The third kappa shape index (κ3) is 3.71. The molecule has 19 heavy (non-hydrogen) atoms. The van der Waals surface area contributed by atoms with Crippen molar-refractivity contribution >= 4 is 5.91 Å². The zero-order chi connectivity index (χ0) is 14.6. The minimum atomic E-state index is -0.858. The van der Waals surface area contributed by atoms with Crippen molar-refractivity contribution in [1.29, 1.82) is 0 Å². The molecule has 0 heterocycles. The van der Waals surface area contributed by atoms with E-state index in [9.17, 15) is 13.6 Å².